The molecule has 2 saturated carbocycles. The third-order valence-corrected chi connectivity index (χ3v) is 7.32. The Kier molecular flexibility index (Phi) is 5.91. The van der Waals surface area contributed by atoms with Gasteiger partial charge in [0.25, 0.3) is 5.91 Å². The van der Waals surface area contributed by atoms with Gasteiger partial charge >= 0.3 is 0 Å². The van der Waals surface area contributed by atoms with Crippen molar-refractivity contribution in [2.24, 2.45) is 13.0 Å². The van der Waals surface area contributed by atoms with Gasteiger partial charge in [-0.25, -0.2) is 9.97 Å². The van der Waals surface area contributed by atoms with Crippen LogP contribution in [-0.4, -0.2) is 54.0 Å². The number of aromatic nitrogens is 4. The molecule has 3 heterocycles. The number of nitrogens with one attached hydrogen (secondary N) is 1. The van der Waals surface area contributed by atoms with E-state index in [1.165, 1.54) is 11.8 Å². The number of aryl methyl sites for hydroxylation is 2. The number of amides is 1. The standard InChI is InChI=1S/C25H32N6O2S/c1-6-30-18(25(33)31(15-7-8-15)16-9-10-16)11-17-22-21(26-13-29(22)4)23(28-24(17)30)27-20(34-5)12-19(32)14(2)3/h11-16H,6-10H2,1-5H3,(H,27,28)/b20-12-. The summed E-state index contributed by atoms with van der Waals surface area (Å²) in [6.07, 6.45) is 9.74. The Labute approximate surface area is 203 Å². The van der Waals surface area contributed by atoms with E-state index in [9.17, 15) is 9.59 Å². The number of carbonyl (C=O) groups excluding carboxylic acids is 2. The highest BCUT2D eigenvalue weighted by atomic mass is 32.2. The average molecular weight is 481 g/mol. The molecular formula is C25H32N6O2S. The highest BCUT2D eigenvalue weighted by Crippen LogP contribution is 2.39. The van der Waals surface area contributed by atoms with Gasteiger partial charge in [-0.05, 0) is 44.9 Å². The van der Waals surface area contributed by atoms with Crippen molar-refractivity contribution in [3.63, 3.8) is 0 Å². The zero-order chi connectivity index (χ0) is 24.1. The van der Waals surface area contributed by atoms with Crippen molar-refractivity contribution < 1.29 is 9.59 Å². The van der Waals surface area contributed by atoms with Gasteiger partial charge < -0.3 is 19.4 Å². The third kappa shape index (κ3) is 4.00. The van der Waals surface area contributed by atoms with Gasteiger partial charge in [-0.2, -0.15) is 0 Å². The first-order chi connectivity index (χ1) is 16.3. The largest absolute Gasteiger partial charge is 0.333 e. The average Bonchev–Trinajstić information content (AvgIpc) is 3.74. The number of allylic oxidation sites excluding steroid dienone is 1. The van der Waals surface area contributed by atoms with Gasteiger partial charge in [-0.15, -0.1) is 11.8 Å². The predicted octanol–water partition coefficient (Wildman–Crippen LogP) is 4.55. The van der Waals surface area contributed by atoms with Crippen LogP contribution in [0.4, 0.5) is 5.82 Å². The van der Waals surface area contributed by atoms with Gasteiger partial charge in [0.15, 0.2) is 11.6 Å². The van der Waals surface area contributed by atoms with Crippen LogP contribution >= 0.6 is 11.8 Å². The maximum Gasteiger partial charge on any atom is 0.271 e. The van der Waals surface area contributed by atoms with Gasteiger partial charge in [0.05, 0.1) is 16.9 Å². The Hall–Kier alpha value is -2.81. The van der Waals surface area contributed by atoms with Crippen LogP contribution in [0.25, 0.3) is 22.1 Å². The first kappa shape index (κ1) is 23.0. The molecule has 0 radical (unpaired) electrons. The van der Waals surface area contributed by atoms with Gasteiger partial charge in [-0.1, -0.05) is 13.8 Å². The summed E-state index contributed by atoms with van der Waals surface area (Å²) in [4.78, 5) is 37.7. The number of thioether (sulfide) groups is 1. The monoisotopic (exact) mass is 480 g/mol. The molecule has 8 nitrogen and oxygen atoms in total. The third-order valence-electron chi connectivity index (χ3n) is 6.66. The fraction of sp³-hybridized carbons (Fsp3) is 0.520. The van der Waals surface area contributed by atoms with E-state index < -0.39 is 0 Å². The number of anilines is 1. The van der Waals surface area contributed by atoms with Gasteiger partial charge in [-0.3, -0.25) is 9.59 Å². The molecule has 2 aliphatic carbocycles. The van der Waals surface area contributed by atoms with Crippen LogP contribution in [-0.2, 0) is 18.4 Å². The molecule has 5 rings (SSSR count). The predicted molar refractivity (Wildman–Crippen MR) is 137 cm³/mol. The zero-order valence-electron chi connectivity index (χ0n) is 20.5. The van der Waals surface area contributed by atoms with Crippen molar-refractivity contribution in [1.29, 1.82) is 0 Å². The van der Waals surface area contributed by atoms with Crippen molar-refractivity contribution in [1.82, 2.24) is 24.0 Å². The number of fused-ring (bicyclic) bond motifs is 3. The van der Waals surface area contributed by atoms with Crippen molar-refractivity contribution in [2.75, 3.05) is 11.6 Å². The van der Waals surface area contributed by atoms with Crippen LogP contribution in [0.15, 0.2) is 23.5 Å². The van der Waals surface area contributed by atoms with Gasteiger partial charge in [0.2, 0.25) is 0 Å². The zero-order valence-corrected chi connectivity index (χ0v) is 21.3. The second-order valence-electron chi connectivity index (χ2n) is 9.59. The van der Waals surface area contributed by atoms with Crippen LogP contribution in [0, 0.1) is 5.92 Å². The fourth-order valence-corrected chi connectivity index (χ4v) is 4.96. The lowest BCUT2D eigenvalue weighted by Crippen LogP contribution is -2.36. The van der Waals surface area contributed by atoms with E-state index in [0.717, 1.165) is 52.8 Å². The maximum absolute atomic E-state index is 13.7. The molecule has 34 heavy (non-hydrogen) atoms. The highest BCUT2D eigenvalue weighted by molar-refractivity contribution is 8.02. The van der Waals surface area contributed by atoms with Gasteiger partial charge in [0.1, 0.15) is 16.9 Å². The molecule has 2 fully saturated rings. The minimum atomic E-state index is -0.0824. The molecule has 1 N–H and O–H groups in total. The first-order valence-electron chi connectivity index (χ1n) is 12.1. The van der Waals surface area contributed by atoms with E-state index >= 15 is 0 Å². The highest BCUT2D eigenvalue weighted by Gasteiger charge is 2.43. The van der Waals surface area contributed by atoms with E-state index in [1.807, 2.05) is 49.3 Å². The summed E-state index contributed by atoms with van der Waals surface area (Å²) in [5.74, 6) is 0.677. The number of ketones is 1. The summed E-state index contributed by atoms with van der Waals surface area (Å²) in [6, 6.07) is 2.77. The molecule has 9 heteroatoms. The van der Waals surface area contributed by atoms with Crippen LogP contribution < -0.4 is 5.32 Å². The molecule has 0 saturated heterocycles. The summed E-state index contributed by atoms with van der Waals surface area (Å²) in [7, 11) is 1.96. The number of imidazole rings is 1. The molecular weight excluding hydrogens is 448 g/mol. The minimum Gasteiger partial charge on any atom is -0.333 e. The topological polar surface area (TPSA) is 85.0 Å². The lowest BCUT2D eigenvalue weighted by atomic mass is 10.1. The quantitative estimate of drug-likeness (QED) is 0.452. The normalized spacial score (nSPS) is 16.6. The second kappa shape index (κ2) is 8.76. The smallest absolute Gasteiger partial charge is 0.271 e. The van der Waals surface area contributed by atoms with Crippen molar-refractivity contribution >= 4 is 51.3 Å². The molecule has 0 aliphatic heterocycles. The van der Waals surface area contributed by atoms with E-state index in [-0.39, 0.29) is 17.6 Å². The van der Waals surface area contributed by atoms with Crippen molar-refractivity contribution in [3.05, 3.63) is 29.2 Å². The summed E-state index contributed by atoms with van der Waals surface area (Å²) in [5, 5.41) is 4.98. The van der Waals surface area contributed by atoms with Crippen molar-refractivity contribution in [2.45, 2.75) is 65.1 Å². The molecule has 3 aromatic rings. The molecule has 0 bridgehead atoms. The van der Waals surface area contributed by atoms with Gasteiger partial charge in [0, 0.05) is 43.1 Å². The number of nitrogens with zero attached hydrogens (tertiary/aromatic N) is 5. The molecule has 180 valence electrons. The fourth-order valence-electron chi connectivity index (χ4n) is 4.52. The minimum absolute atomic E-state index is 0.0558. The molecule has 1 amide bonds. The maximum atomic E-state index is 13.7. The number of rotatable bonds is 9. The van der Waals surface area contributed by atoms with E-state index in [4.69, 9.17) is 4.98 Å². The van der Waals surface area contributed by atoms with Crippen LogP contribution in [0.3, 0.4) is 0 Å². The van der Waals surface area contributed by atoms with Crippen LogP contribution in [0.5, 0.6) is 0 Å². The van der Waals surface area contributed by atoms with E-state index in [1.54, 1.807) is 12.4 Å². The van der Waals surface area contributed by atoms with E-state index in [2.05, 4.69) is 15.2 Å². The lowest BCUT2D eigenvalue weighted by molar-refractivity contribution is -0.117. The Morgan fingerprint density at radius 3 is 2.50 bits per heavy atom. The SMILES string of the molecule is CCn1c(C(=O)N(C2CC2)C2CC2)cc2c3c(ncn3C)c(N/C(=C/C(=O)C(C)C)SC)nc21. The summed E-state index contributed by atoms with van der Waals surface area (Å²) in [5.41, 5.74) is 3.10. The molecule has 0 aromatic carbocycles. The van der Waals surface area contributed by atoms with Crippen molar-refractivity contribution in [3.8, 4) is 0 Å². The second-order valence-corrected chi connectivity index (χ2v) is 10.4. The lowest BCUT2D eigenvalue weighted by Gasteiger charge is -2.22. The Balaban J connectivity index is 1.64. The molecule has 0 spiro atoms. The van der Waals surface area contributed by atoms with Crippen LogP contribution in [0.1, 0.15) is 56.9 Å². The molecule has 0 atom stereocenters. The summed E-state index contributed by atoms with van der Waals surface area (Å²) >= 11 is 1.46. The molecule has 3 aromatic heterocycles. The molecule has 0 unspecified atom stereocenters. The number of hydrogen-bond acceptors (Lipinski definition) is 6. The summed E-state index contributed by atoms with van der Waals surface area (Å²) in [6.45, 7) is 6.46. The molecule has 2 aliphatic rings. The van der Waals surface area contributed by atoms with Crippen LogP contribution in [0.2, 0.25) is 0 Å². The number of hydrogen-bond donors (Lipinski definition) is 1. The Bertz CT molecular complexity index is 1300. The Morgan fingerprint density at radius 2 is 1.94 bits per heavy atom. The number of carbonyl (C=O) groups is 2. The first-order valence-corrected chi connectivity index (χ1v) is 13.3. The Morgan fingerprint density at radius 1 is 1.26 bits per heavy atom. The number of pyridine rings is 1. The summed E-state index contributed by atoms with van der Waals surface area (Å²) < 4.78 is 3.99. The van der Waals surface area contributed by atoms with E-state index in [0.29, 0.717) is 30.1 Å².